The molecule has 3 aromatic rings. The molecule has 0 unspecified atom stereocenters. The van der Waals surface area contributed by atoms with Crippen LogP contribution < -0.4 is 19.9 Å². The zero-order valence-corrected chi connectivity index (χ0v) is 19.6. The normalized spacial score (nSPS) is 14.1. The zero-order valence-electron chi connectivity index (χ0n) is 19.6. The van der Waals surface area contributed by atoms with E-state index in [1.165, 1.54) is 0 Å². The molecule has 0 spiro atoms. The second-order valence-electron chi connectivity index (χ2n) is 8.58. The van der Waals surface area contributed by atoms with Crippen LogP contribution in [0.4, 0.5) is 5.82 Å². The number of ether oxygens (including phenoxy) is 2. The van der Waals surface area contributed by atoms with Gasteiger partial charge in [0, 0.05) is 38.3 Å². The van der Waals surface area contributed by atoms with Gasteiger partial charge in [-0.15, -0.1) is 0 Å². The van der Waals surface area contributed by atoms with E-state index < -0.39 is 0 Å². The summed E-state index contributed by atoms with van der Waals surface area (Å²) < 4.78 is 12.4. The molecule has 1 saturated heterocycles. The predicted molar refractivity (Wildman–Crippen MR) is 129 cm³/mol. The smallest absolute Gasteiger partial charge is 0.294 e. The molecule has 0 atom stereocenters. The number of amides is 1. The van der Waals surface area contributed by atoms with Gasteiger partial charge in [0.2, 0.25) is 0 Å². The molecule has 8 heteroatoms. The summed E-state index contributed by atoms with van der Waals surface area (Å²) >= 11 is 0. The van der Waals surface area contributed by atoms with E-state index in [0.29, 0.717) is 61.5 Å². The van der Waals surface area contributed by atoms with Crippen LogP contribution in [0.3, 0.4) is 0 Å². The molecule has 8 nitrogen and oxygen atoms in total. The number of hydrogen-bond donors (Lipinski definition) is 0. The molecule has 174 valence electrons. The van der Waals surface area contributed by atoms with Crippen molar-refractivity contribution in [2.75, 3.05) is 45.3 Å². The van der Waals surface area contributed by atoms with Crippen molar-refractivity contribution in [3.8, 4) is 11.5 Å². The van der Waals surface area contributed by atoms with Gasteiger partial charge in [-0.05, 0) is 36.2 Å². The van der Waals surface area contributed by atoms with Crippen LogP contribution in [0.5, 0.6) is 11.5 Å². The molecule has 2 aromatic carbocycles. The Hall–Kier alpha value is -3.55. The third kappa shape index (κ3) is 4.51. The number of piperazine rings is 1. The first kappa shape index (κ1) is 22.6. The minimum absolute atomic E-state index is 0.0701. The van der Waals surface area contributed by atoms with Crippen LogP contribution in [0.25, 0.3) is 11.0 Å². The van der Waals surface area contributed by atoms with E-state index in [-0.39, 0.29) is 11.5 Å². The summed E-state index contributed by atoms with van der Waals surface area (Å²) in [7, 11) is 3.11. The maximum absolute atomic E-state index is 13.3. The van der Waals surface area contributed by atoms with Gasteiger partial charge in [0.25, 0.3) is 11.5 Å². The lowest BCUT2D eigenvalue weighted by Crippen LogP contribution is -2.50. The molecular weight excluding hydrogens is 420 g/mol. The van der Waals surface area contributed by atoms with E-state index in [9.17, 15) is 9.59 Å². The van der Waals surface area contributed by atoms with E-state index in [1.54, 1.807) is 37.3 Å². The topological polar surface area (TPSA) is 76.9 Å². The summed E-state index contributed by atoms with van der Waals surface area (Å²) in [6.45, 7) is 6.92. The quantitative estimate of drug-likeness (QED) is 0.575. The standard InChI is InChI=1S/C25H30N4O4/c1-17(2)16-29-20-8-6-5-7-19(20)26-23(25(29)31)27-11-13-28(14-12-27)24(30)18-9-10-21(32-3)22(15-18)33-4/h5-10,15,17H,11-14,16H2,1-4H3. The monoisotopic (exact) mass is 450 g/mol. The molecule has 1 aromatic heterocycles. The van der Waals surface area contributed by atoms with Crippen LogP contribution in [0.1, 0.15) is 24.2 Å². The van der Waals surface area contributed by atoms with E-state index in [2.05, 4.69) is 13.8 Å². The summed E-state index contributed by atoms with van der Waals surface area (Å²) in [4.78, 5) is 34.9. The summed E-state index contributed by atoms with van der Waals surface area (Å²) in [6, 6.07) is 12.9. The largest absolute Gasteiger partial charge is 0.493 e. The molecule has 1 fully saturated rings. The van der Waals surface area contributed by atoms with E-state index in [0.717, 1.165) is 11.0 Å². The van der Waals surface area contributed by atoms with Crippen LogP contribution >= 0.6 is 0 Å². The number of carbonyl (C=O) groups is 1. The first-order valence-corrected chi connectivity index (χ1v) is 11.2. The Morgan fingerprint density at radius 1 is 1.00 bits per heavy atom. The maximum Gasteiger partial charge on any atom is 0.294 e. The highest BCUT2D eigenvalue weighted by Gasteiger charge is 2.26. The van der Waals surface area contributed by atoms with Gasteiger partial charge in [0.1, 0.15) is 0 Å². The lowest BCUT2D eigenvalue weighted by atomic mass is 10.1. The molecule has 33 heavy (non-hydrogen) atoms. The molecule has 1 aliphatic heterocycles. The average Bonchev–Trinajstić information content (AvgIpc) is 2.84. The van der Waals surface area contributed by atoms with Crippen LogP contribution in [0.15, 0.2) is 47.3 Å². The lowest BCUT2D eigenvalue weighted by molar-refractivity contribution is 0.0746. The number of para-hydroxylation sites is 2. The van der Waals surface area contributed by atoms with Crippen molar-refractivity contribution in [3.05, 3.63) is 58.4 Å². The number of hydrogen-bond acceptors (Lipinski definition) is 6. The van der Waals surface area contributed by atoms with Gasteiger partial charge in [0.15, 0.2) is 17.3 Å². The van der Waals surface area contributed by atoms with Crippen molar-refractivity contribution in [2.24, 2.45) is 5.92 Å². The fourth-order valence-corrected chi connectivity index (χ4v) is 4.20. The minimum Gasteiger partial charge on any atom is -0.493 e. The Morgan fingerprint density at radius 3 is 2.36 bits per heavy atom. The molecule has 0 bridgehead atoms. The molecule has 0 N–H and O–H groups in total. The molecule has 0 saturated carbocycles. The van der Waals surface area contributed by atoms with Gasteiger partial charge in [0.05, 0.1) is 25.3 Å². The van der Waals surface area contributed by atoms with Crippen molar-refractivity contribution in [3.63, 3.8) is 0 Å². The number of rotatable bonds is 6. The van der Waals surface area contributed by atoms with Crippen LogP contribution in [-0.4, -0.2) is 60.8 Å². The summed E-state index contributed by atoms with van der Waals surface area (Å²) in [5.74, 6) is 1.82. The highest BCUT2D eigenvalue weighted by Crippen LogP contribution is 2.28. The Morgan fingerprint density at radius 2 is 1.70 bits per heavy atom. The predicted octanol–water partition coefficient (Wildman–Crippen LogP) is 3.03. The Balaban J connectivity index is 1.55. The van der Waals surface area contributed by atoms with E-state index >= 15 is 0 Å². The molecule has 2 heterocycles. The molecular formula is C25H30N4O4. The fourth-order valence-electron chi connectivity index (χ4n) is 4.20. The lowest BCUT2D eigenvalue weighted by Gasteiger charge is -2.35. The zero-order chi connectivity index (χ0) is 23.5. The number of fused-ring (bicyclic) bond motifs is 1. The van der Waals surface area contributed by atoms with Gasteiger partial charge >= 0.3 is 0 Å². The summed E-state index contributed by atoms with van der Waals surface area (Å²) in [5, 5.41) is 0. The Bertz CT molecular complexity index is 1210. The Labute approximate surface area is 193 Å². The van der Waals surface area contributed by atoms with Gasteiger partial charge in [-0.2, -0.15) is 0 Å². The highest BCUT2D eigenvalue weighted by atomic mass is 16.5. The molecule has 0 radical (unpaired) electrons. The van der Waals surface area contributed by atoms with Crippen LogP contribution in [0.2, 0.25) is 0 Å². The molecule has 4 rings (SSSR count). The number of carbonyl (C=O) groups excluding carboxylic acids is 1. The van der Waals surface area contributed by atoms with Gasteiger partial charge < -0.3 is 23.8 Å². The summed E-state index contributed by atoms with van der Waals surface area (Å²) in [6.07, 6.45) is 0. The molecule has 1 aliphatic rings. The van der Waals surface area contributed by atoms with E-state index in [1.807, 2.05) is 33.7 Å². The maximum atomic E-state index is 13.3. The van der Waals surface area contributed by atoms with Crippen LogP contribution in [-0.2, 0) is 6.54 Å². The first-order chi connectivity index (χ1) is 15.9. The van der Waals surface area contributed by atoms with Crippen molar-refractivity contribution >= 4 is 22.8 Å². The van der Waals surface area contributed by atoms with Gasteiger partial charge in [-0.3, -0.25) is 9.59 Å². The number of methoxy groups -OCH3 is 2. The van der Waals surface area contributed by atoms with Crippen molar-refractivity contribution < 1.29 is 14.3 Å². The summed E-state index contributed by atoms with van der Waals surface area (Å²) in [5.41, 5.74) is 2.12. The van der Waals surface area contributed by atoms with Crippen LogP contribution in [0, 0.1) is 5.92 Å². The number of anilines is 1. The SMILES string of the molecule is COc1ccc(C(=O)N2CCN(c3nc4ccccc4n(CC(C)C)c3=O)CC2)cc1OC. The molecule has 1 amide bonds. The Kier molecular flexibility index (Phi) is 6.53. The second-order valence-corrected chi connectivity index (χ2v) is 8.58. The van der Waals surface area contributed by atoms with Crippen molar-refractivity contribution in [2.45, 2.75) is 20.4 Å². The first-order valence-electron chi connectivity index (χ1n) is 11.2. The number of aromatic nitrogens is 2. The minimum atomic E-state index is -0.0814. The van der Waals surface area contributed by atoms with E-state index in [4.69, 9.17) is 14.5 Å². The van der Waals surface area contributed by atoms with Gasteiger partial charge in [-0.1, -0.05) is 26.0 Å². The molecule has 0 aliphatic carbocycles. The van der Waals surface area contributed by atoms with Crippen molar-refractivity contribution in [1.29, 1.82) is 0 Å². The highest BCUT2D eigenvalue weighted by molar-refractivity contribution is 5.95. The average molecular weight is 451 g/mol. The number of nitrogens with zero attached hydrogens (tertiary/aromatic N) is 4. The van der Waals surface area contributed by atoms with Gasteiger partial charge in [-0.25, -0.2) is 4.98 Å². The number of benzene rings is 2. The fraction of sp³-hybridized carbons (Fsp3) is 0.400. The third-order valence-electron chi connectivity index (χ3n) is 5.88. The van der Waals surface area contributed by atoms with Crippen molar-refractivity contribution in [1.82, 2.24) is 14.5 Å². The second kappa shape index (κ2) is 9.52. The third-order valence-corrected chi connectivity index (χ3v) is 5.88.